The fraction of sp³-hybridized carbons (Fsp3) is 0.381. The molecule has 2 aliphatic rings. The maximum Gasteiger partial charge on any atom is 0.289 e. The Bertz CT molecular complexity index is 1060. The molecule has 1 N–H and O–H groups in total. The molecule has 1 saturated heterocycles. The minimum absolute atomic E-state index is 0.216. The van der Waals surface area contributed by atoms with Gasteiger partial charge in [0.1, 0.15) is 11.6 Å². The number of benzene rings is 1. The molecule has 1 fully saturated rings. The van der Waals surface area contributed by atoms with Crippen molar-refractivity contribution < 1.29 is 9.18 Å². The van der Waals surface area contributed by atoms with Crippen molar-refractivity contribution in [1.82, 2.24) is 30.3 Å². The molecule has 0 spiro atoms. The number of aromatic nitrogens is 5. The van der Waals surface area contributed by atoms with Crippen LogP contribution in [0.15, 0.2) is 36.4 Å². The fourth-order valence-electron chi connectivity index (χ4n) is 4.34. The summed E-state index contributed by atoms with van der Waals surface area (Å²) < 4.78 is 15.0. The van der Waals surface area contributed by atoms with E-state index in [0.717, 1.165) is 49.0 Å². The molecule has 0 unspecified atom stereocenters. The lowest BCUT2D eigenvalue weighted by atomic mass is 9.89. The second kappa shape index (κ2) is 7.47. The number of anilines is 1. The first-order chi connectivity index (χ1) is 14.6. The molecule has 0 saturated carbocycles. The monoisotopic (exact) mass is 407 g/mol. The molecule has 154 valence electrons. The van der Waals surface area contributed by atoms with Crippen LogP contribution in [-0.4, -0.2) is 44.0 Å². The molecular formula is C21H22FN7O. The van der Waals surface area contributed by atoms with Crippen molar-refractivity contribution in [2.75, 3.05) is 18.0 Å². The second-order valence-corrected chi connectivity index (χ2v) is 7.94. The van der Waals surface area contributed by atoms with E-state index in [1.807, 2.05) is 23.6 Å². The lowest BCUT2D eigenvalue weighted by Crippen LogP contribution is -2.30. The van der Waals surface area contributed by atoms with Crippen molar-refractivity contribution in [3.05, 3.63) is 65.1 Å². The summed E-state index contributed by atoms with van der Waals surface area (Å²) in [7, 11) is 0. The van der Waals surface area contributed by atoms with Crippen LogP contribution in [0.25, 0.3) is 0 Å². The van der Waals surface area contributed by atoms with Crippen LogP contribution in [0, 0.1) is 18.7 Å². The highest BCUT2D eigenvalue weighted by atomic mass is 19.1. The maximum absolute atomic E-state index is 13.0. The van der Waals surface area contributed by atoms with Crippen LogP contribution in [0.3, 0.4) is 0 Å². The van der Waals surface area contributed by atoms with Crippen molar-refractivity contribution >= 4 is 11.7 Å². The number of amides is 1. The van der Waals surface area contributed by atoms with Crippen LogP contribution in [0.4, 0.5) is 10.2 Å². The van der Waals surface area contributed by atoms with Gasteiger partial charge in [-0.15, -0.1) is 15.3 Å². The van der Waals surface area contributed by atoms with Crippen LogP contribution in [-0.2, 0) is 13.1 Å². The minimum atomic E-state index is -0.298. The van der Waals surface area contributed by atoms with E-state index in [-0.39, 0.29) is 17.6 Å². The van der Waals surface area contributed by atoms with Crippen molar-refractivity contribution in [1.29, 1.82) is 0 Å². The molecule has 2 atom stereocenters. The number of carbonyl (C=O) groups excluding carboxylic acids is 1. The molecule has 5 rings (SSSR count). The number of carbonyl (C=O) groups is 1. The van der Waals surface area contributed by atoms with Gasteiger partial charge in [0.05, 0.1) is 5.69 Å². The average Bonchev–Trinajstić information content (AvgIpc) is 3.37. The van der Waals surface area contributed by atoms with Gasteiger partial charge in [-0.1, -0.05) is 12.1 Å². The molecule has 0 bridgehead atoms. The first-order valence-corrected chi connectivity index (χ1v) is 10.1. The molecule has 0 radical (unpaired) electrons. The lowest BCUT2D eigenvalue weighted by Gasteiger charge is -2.24. The Labute approximate surface area is 173 Å². The van der Waals surface area contributed by atoms with Crippen LogP contribution in [0.5, 0.6) is 0 Å². The van der Waals surface area contributed by atoms with Crippen molar-refractivity contribution in [2.45, 2.75) is 32.4 Å². The average molecular weight is 407 g/mol. The summed E-state index contributed by atoms with van der Waals surface area (Å²) in [5.74, 6) is 2.18. The molecule has 9 heteroatoms. The van der Waals surface area contributed by atoms with Gasteiger partial charge in [0, 0.05) is 32.1 Å². The zero-order valence-corrected chi connectivity index (χ0v) is 16.6. The molecule has 0 aliphatic carbocycles. The topological polar surface area (TPSA) is 88.8 Å². The first-order valence-electron chi connectivity index (χ1n) is 10.1. The summed E-state index contributed by atoms with van der Waals surface area (Å²) >= 11 is 0. The molecule has 30 heavy (non-hydrogen) atoms. The van der Waals surface area contributed by atoms with E-state index >= 15 is 0 Å². The Balaban J connectivity index is 1.30. The van der Waals surface area contributed by atoms with E-state index in [0.29, 0.717) is 18.3 Å². The predicted molar refractivity (Wildman–Crippen MR) is 107 cm³/mol. The van der Waals surface area contributed by atoms with Crippen LogP contribution in [0.2, 0.25) is 0 Å². The zero-order valence-electron chi connectivity index (χ0n) is 16.6. The molecular weight excluding hydrogens is 385 g/mol. The van der Waals surface area contributed by atoms with Gasteiger partial charge < -0.3 is 14.8 Å². The van der Waals surface area contributed by atoms with Gasteiger partial charge in [-0.25, -0.2) is 4.39 Å². The summed E-state index contributed by atoms with van der Waals surface area (Å²) in [5, 5.41) is 19.9. The van der Waals surface area contributed by atoms with E-state index in [9.17, 15) is 9.18 Å². The summed E-state index contributed by atoms with van der Waals surface area (Å²) in [6, 6.07) is 10.0. The Kier molecular flexibility index (Phi) is 4.65. The number of nitrogens with zero attached hydrogens (tertiary/aromatic N) is 6. The number of rotatable bonds is 4. The molecule has 1 amide bonds. The third kappa shape index (κ3) is 3.40. The van der Waals surface area contributed by atoms with Gasteiger partial charge in [-0.05, 0) is 49.1 Å². The highest BCUT2D eigenvalue weighted by Crippen LogP contribution is 2.39. The number of hydrogen-bond donors (Lipinski definition) is 1. The van der Waals surface area contributed by atoms with Gasteiger partial charge in [0.25, 0.3) is 5.91 Å². The number of nitrogens with one attached hydrogen (secondary N) is 1. The van der Waals surface area contributed by atoms with E-state index < -0.39 is 0 Å². The summed E-state index contributed by atoms with van der Waals surface area (Å²) in [4.78, 5) is 14.9. The highest BCUT2D eigenvalue weighted by molar-refractivity contribution is 5.90. The van der Waals surface area contributed by atoms with E-state index in [2.05, 4.69) is 30.6 Å². The first kappa shape index (κ1) is 18.7. The lowest BCUT2D eigenvalue weighted by molar-refractivity contribution is 0.0933. The SMILES string of the molecule is Cc1ccc(N2C[C@@H]3CCn4c(C(=O)NCc5ccc(F)cc5)nnc4[C@H]3C2)nn1. The van der Waals surface area contributed by atoms with Gasteiger partial charge in [-0.3, -0.25) is 4.79 Å². The van der Waals surface area contributed by atoms with Crippen LogP contribution < -0.4 is 10.2 Å². The summed E-state index contributed by atoms with van der Waals surface area (Å²) in [6.07, 6.45) is 0.962. The molecule has 2 aromatic heterocycles. The van der Waals surface area contributed by atoms with Crippen LogP contribution in [0.1, 0.15) is 40.0 Å². The molecule has 8 nitrogen and oxygen atoms in total. The number of aryl methyl sites for hydroxylation is 1. The third-order valence-electron chi connectivity index (χ3n) is 5.95. The number of hydrogen-bond acceptors (Lipinski definition) is 6. The minimum Gasteiger partial charge on any atom is -0.354 e. The molecule has 4 heterocycles. The summed E-state index contributed by atoms with van der Waals surface area (Å²) in [6.45, 7) is 4.65. The van der Waals surface area contributed by atoms with Gasteiger partial charge in [0.15, 0.2) is 5.82 Å². The van der Waals surface area contributed by atoms with E-state index in [1.165, 1.54) is 12.1 Å². The van der Waals surface area contributed by atoms with E-state index in [1.54, 1.807) is 12.1 Å². The van der Waals surface area contributed by atoms with Gasteiger partial charge in [0.2, 0.25) is 5.82 Å². The van der Waals surface area contributed by atoms with Gasteiger partial charge >= 0.3 is 0 Å². The Morgan fingerprint density at radius 3 is 2.70 bits per heavy atom. The third-order valence-corrected chi connectivity index (χ3v) is 5.95. The predicted octanol–water partition coefficient (Wildman–Crippen LogP) is 2.07. The normalized spacial score (nSPS) is 20.0. The van der Waals surface area contributed by atoms with Gasteiger partial charge in [-0.2, -0.15) is 5.10 Å². The highest BCUT2D eigenvalue weighted by Gasteiger charge is 2.41. The molecule has 3 aromatic rings. The molecule has 2 aliphatic heterocycles. The Morgan fingerprint density at radius 1 is 1.10 bits per heavy atom. The summed E-state index contributed by atoms with van der Waals surface area (Å²) in [5.41, 5.74) is 1.72. The van der Waals surface area contributed by atoms with E-state index in [4.69, 9.17) is 0 Å². The molecule has 1 aromatic carbocycles. The number of halogens is 1. The van der Waals surface area contributed by atoms with Crippen molar-refractivity contribution in [3.8, 4) is 0 Å². The number of fused-ring (bicyclic) bond motifs is 3. The standard InChI is InChI=1S/C21H22FN7O/c1-13-2-7-18(25-24-13)28-11-15-8-9-29-19(17(15)12-28)26-27-20(29)21(30)23-10-14-3-5-16(22)6-4-14/h2-7,15,17H,8-12H2,1H3,(H,23,30)/t15-,17-/m0/s1. The zero-order chi connectivity index (χ0) is 20.7. The second-order valence-electron chi connectivity index (χ2n) is 7.94. The Hall–Kier alpha value is -3.36. The maximum atomic E-state index is 13.0. The smallest absolute Gasteiger partial charge is 0.289 e. The van der Waals surface area contributed by atoms with Crippen molar-refractivity contribution in [3.63, 3.8) is 0 Å². The largest absolute Gasteiger partial charge is 0.354 e. The quantitative estimate of drug-likeness (QED) is 0.712. The fourth-order valence-corrected chi connectivity index (χ4v) is 4.34. The van der Waals surface area contributed by atoms with Crippen LogP contribution >= 0.6 is 0 Å². The van der Waals surface area contributed by atoms with Crippen molar-refractivity contribution in [2.24, 2.45) is 5.92 Å². The Morgan fingerprint density at radius 2 is 1.93 bits per heavy atom.